The summed E-state index contributed by atoms with van der Waals surface area (Å²) < 4.78 is 2.88. The molecule has 0 aromatic rings. The van der Waals surface area contributed by atoms with Gasteiger partial charge in [0.2, 0.25) is 0 Å². The largest absolute Gasteiger partial charge is 0.112 e. The summed E-state index contributed by atoms with van der Waals surface area (Å²) in [6.45, 7) is 7.92. The number of hydrogen-bond acceptors (Lipinski definition) is 4. The quantitative estimate of drug-likeness (QED) is 0.616. The van der Waals surface area contributed by atoms with Crippen LogP contribution in [0, 0.1) is 0 Å². The van der Waals surface area contributed by atoms with Crippen LogP contribution in [0.3, 0.4) is 0 Å². The highest BCUT2D eigenvalue weighted by atomic mass is 32.2. The number of rotatable bonds is 0. The molecule has 0 atom stereocenters. The molecule has 0 radical (unpaired) electrons. The van der Waals surface area contributed by atoms with Gasteiger partial charge in [0.05, 0.1) is 8.47 Å². The van der Waals surface area contributed by atoms with Gasteiger partial charge in [-0.05, 0) is 9.81 Å². The first-order valence-electron chi connectivity index (χ1n) is 3.47. The second kappa shape index (κ2) is 3.78. The molecule has 0 aromatic carbocycles. The predicted molar refractivity (Wildman–Crippen MR) is 65.4 cm³/mol. The summed E-state index contributed by atoms with van der Waals surface area (Å²) >= 11 is 7.48. The van der Waals surface area contributed by atoms with Gasteiger partial charge in [-0.25, -0.2) is 0 Å². The van der Waals surface area contributed by atoms with Crippen LogP contribution in [0.1, 0.15) is 0 Å². The molecule has 4 heteroatoms. The Hall–Kier alpha value is 0.620. The third kappa shape index (κ3) is 1.92. The van der Waals surface area contributed by atoms with Gasteiger partial charge < -0.3 is 0 Å². The van der Waals surface area contributed by atoms with Crippen molar-refractivity contribution in [3.63, 3.8) is 0 Å². The van der Waals surface area contributed by atoms with Crippen molar-refractivity contribution in [2.24, 2.45) is 0 Å². The van der Waals surface area contributed by atoms with Crippen LogP contribution in [0.25, 0.3) is 0 Å². The van der Waals surface area contributed by atoms with E-state index in [1.165, 1.54) is 18.3 Å². The van der Waals surface area contributed by atoms with Gasteiger partial charge in [-0.1, -0.05) is 36.7 Å². The number of hydrogen-bond donors (Lipinski definition) is 0. The van der Waals surface area contributed by atoms with Crippen molar-refractivity contribution in [3.05, 3.63) is 31.4 Å². The first kappa shape index (κ1) is 9.19. The van der Waals surface area contributed by atoms with Crippen molar-refractivity contribution in [2.45, 2.75) is 0 Å². The number of thioether (sulfide) groups is 4. The molecular formula is C8H8S4. The molecule has 2 aliphatic rings. The van der Waals surface area contributed by atoms with Gasteiger partial charge in [-0.15, -0.1) is 23.5 Å². The molecule has 64 valence electrons. The summed E-state index contributed by atoms with van der Waals surface area (Å²) in [5.74, 6) is 2.16. The highest BCUT2D eigenvalue weighted by Crippen LogP contribution is 2.55. The van der Waals surface area contributed by atoms with E-state index in [0.717, 1.165) is 11.5 Å². The highest BCUT2D eigenvalue weighted by molar-refractivity contribution is 8.33. The molecule has 0 nitrogen and oxygen atoms in total. The third-order valence-corrected chi connectivity index (χ3v) is 7.02. The van der Waals surface area contributed by atoms with E-state index in [9.17, 15) is 0 Å². The zero-order valence-electron chi connectivity index (χ0n) is 6.46. The topological polar surface area (TPSA) is 0 Å². The zero-order valence-corrected chi connectivity index (χ0v) is 9.73. The molecule has 0 aliphatic carbocycles. The van der Waals surface area contributed by atoms with Gasteiger partial charge in [0, 0.05) is 11.5 Å². The van der Waals surface area contributed by atoms with Crippen LogP contribution in [0.15, 0.2) is 31.4 Å². The minimum Gasteiger partial charge on any atom is -0.112 e. The maximum absolute atomic E-state index is 3.96. The van der Waals surface area contributed by atoms with Crippen molar-refractivity contribution >= 4 is 47.0 Å². The maximum Gasteiger partial charge on any atom is 0.0654 e. The summed E-state index contributed by atoms with van der Waals surface area (Å²) in [4.78, 5) is 2.56. The Morgan fingerprint density at radius 1 is 0.833 bits per heavy atom. The minimum absolute atomic E-state index is 1.08. The van der Waals surface area contributed by atoms with Crippen LogP contribution >= 0.6 is 47.0 Å². The summed E-state index contributed by atoms with van der Waals surface area (Å²) in [5, 5.41) is 0. The van der Waals surface area contributed by atoms with Crippen LogP contribution in [-0.2, 0) is 0 Å². The van der Waals surface area contributed by atoms with E-state index in [4.69, 9.17) is 0 Å². The van der Waals surface area contributed by atoms with E-state index in [-0.39, 0.29) is 0 Å². The fourth-order valence-corrected chi connectivity index (χ4v) is 5.95. The molecule has 2 heterocycles. The third-order valence-electron chi connectivity index (χ3n) is 1.37. The van der Waals surface area contributed by atoms with Crippen molar-refractivity contribution in [3.8, 4) is 0 Å². The van der Waals surface area contributed by atoms with E-state index in [2.05, 4.69) is 13.2 Å². The van der Waals surface area contributed by atoms with Gasteiger partial charge in [0.15, 0.2) is 0 Å². The van der Waals surface area contributed by atoms with Crippen LogP contribution in [0.2, 0.25) is 0 Å². The van der Waals surface area contributed by atoms with Gasteiger partial charge in [-0.2, -0.15) is 0 Å². The van der Waals surface area contributed by atoms with Crippen molar-refractivity contribution in [1.82, 2.24) is 0 Å². The maximum atomic E-state index is 3.96. The summed E-state index contributed by atoms with van der Waals surface area (Å²) in [6.07, 6.45) is 0. The molecule has 0 spiro atoms. The Bertz CT molecular complexity index is 249. The fourth-order valence-electron chi connectivity index (χ4n) is 0.873. The van der Waals surface area contributed by atoms with Crippen LogP contribution in [0.5, 0.6) is 0 Å². The fraction of sp³-hybridized carbons (Fsp3) is 0.250. The summed E-state index contributed by atoms with van der Waals surface area (Å²) in [6, 6.07) is 0. The molecule has 2 rings (SSSR count). The molecule has 0 aromatic heterocycles. The lowest BCUT2D eigenvalue weighted by Gasteiger charge is -1.97. The first-order valence-corrected chi connectivity index (χ1v) is 7.07. The normalized spacial score (nSPS) is 30.3. The van der Waals surface area contributed by atoms with Crippen molar-refractivity contribution in [1.29, 1.82) is 0 Å². The van der Waals surface area contributed by atoms with Gasteiger partial charge in [-0.3, -0.25) is 0 Å². The molecule has 2 fully saturated rings. The molecule has 12 heavy (non-hydrogen) atoms. The zero-order chi connectivity index (χ0) is 8.55. The lowest BCUT2D eigenvalue weighted by atomic mass is 10.7. The van der Waals surface area contributed by atoms with E-state index >= 15 is 0 Å². The molecule has 0 amide bonds. The first-order chi connectivity index (χ1) is 5.75. The Balaban J connectivity index is 2.16. The molecule has 0 unspecified atom stereocenters. The Morgan fingerprint density at radius 3 is 1.50 bits per heavy atom. The molecule has 2 aliphatic heterocycles. The molecular weight excluding hydrogens is 224 g/mol. The lowest BCUT2D eigenvalue weighted by Crippen LogP contribution is -1.63. The van der Waals surface area contributed by atoms with E-state index in [1.54, 1.807) is 0 Å². The standard InChI is InChI=1S/C8H8S4/c1-5-3-9-7(11-5)8-10-4-6(2)12-8/h1-4H2/b8-7-. The predicted octanol–water partition coefficient (Wildman–Crippen LogP) is 4.10. The average Bonchev–Trinajstić information content (AvgIpc) is 2.58. The van der Waals surface area contributed by atoms with E-state index in [0.29, 0.717) is 0 Å². The summed E-state index contributed by atoms with van der Waals surface area (Å²) in [5.41, 5.74) is 0. The Morgan fingerprint density at radius 2 is 1.25 bits per heavy atom. The molecule has 2 saturated heterocycles. The smallest absolute Gasteiger partial charge is 0.0654 e. The molecule has 0 bridgehead atoms. The lowest BCUT2D eigenvalue weighted by molar-refractivity contribution is 1.79. The van der Waals surface area contributed by atoms with Crippen molar-refractivity contribution < 1.29 is 0 Å². The summed E-state index contributed by atoms with van der Waals surface area (Å²) in [7, 11) is 0. The Labute approximate surface area is 89.7 Å². The molecule has 0 saturated carbocycles. The SMILES string of the molecule is C=C1CS/C(=C2\SCC(=C)S2)S1. The van der Waals surface area contributed by atoms with Gasteiger partial charge in [0.1, 0.15) is 0 Å². The van der Waals surface area contributed by atoms with Crippen LogP contribution < -0.4 is 0 Å². The van der Waals surface area contributed by atoms with E-state index in [1.807, 2.05) is 47.0 Å². The monoisotopic (exact) mass is 232 g/mol. The van der Waals surface area contributed by atoms with Crippen LogP contribution in [-0.4, -0.2) is 11.5 Å². The second-order valence-electron chi connectivity index (χ2n) is 2.43. The van der Waals surface area contributed by atoms with Crippen LogP contribution in [0.4, 0.5) is 0 Å². The van der Waals surface area contributed by atoms with Crippen molar-refractivity contribution in [2.75, 3.05) is 11.5 Å². The van der Waals surface area contributed by atoms with Gasteiger partial charge >= 0.3 is 0 Å². The highest BCUT2D eigenvalue weighted by Gasteiger charge is 2.22. The Kier molecular flexibility index (Phi) is 2.89. The van der Waals surface area contributed by atoms with E-state index < -0.39 is 0 Å². The second-order valence-corrected chi connectivity index (χ2v) is 7.30. The average molecular weight is 232 g/mol. The van der Waals surface area contributed by atoms with Gasteiger partial charge in [0.25, 0.3) is 0 Å². The molecule has 0 N–H and O–H groups in total. The minimum atomic E-state index is 1.08.